The lowest BCUT2D eigenvalue weighted by atomic mass is 10.2. The molecule has 0 aliphatic carbocycles. The van der Waals surface area contributed by atoms with Gasteiger partial charge in [0.2, 0.25) is 0 Å². The summed E-state index contributed by atoms with van der Waals surface area (Å²) in [6, 6.07) is 15.7. The summed E-state index contributed by atoms with van der Waals surface area (Å²) in [5.41, 5.74) is 3.85. The maximum atomic E-state index is 6.19. The van der Waals surface area contributed by atoms with Gasteiger partial charge >= 0.3 is 0 Å². The lowest BCUT2D eigenvalue weighted by molar-refractivity contribution is 0.740. The van der Waals surface area contributed by atoms with E-state index in [4.69, 9.17) is 11.6 Å². The average molecular weight is 299 g/mol. The van der Waals surface area contributed by atoms with Gasteiger partial charge in [-0.2, -0.15) is 15.0 Å². The normalized spacial score (nSPS) is 10.6. The van der Waals surface area contributed by atoms with E-state index in [0.717, 1.165) is 22.6 Å². The number of benzene rings is 2. The molecule has 106 valence electrons. The monoisotopic (exact) mass is 298 g/mol. The third-order valence-electron chi connectivity index (χ3n) is 3.19. The molecule has 0 bridgehead atoms. The van der Waals surface area contributed by atoms with Crippen LogP contribution >= 0.6 is 11.6 Å². The van der Waals surface area contributed by atoms with Gasteiger partial charge in [0.25, 0.3) is 0 Å². The van der Waals surface area contributed by atoms with Crippen molar-refractivity contribution in [1.82, 2.24) is 15.0 Å². The molecular formula is C16H15ClN4. The average Bonchev–Trinajstić information content (AvgIpc) is 2.97. The zero-order valence-electron chi connectivity index (χ0n) is 11.6. The van der Waals surface area contributed by atoms with Crippen LogP contribution in [0, 0.1) is 6.92 Å². The molecule has 1 aromatic heterocycles. The second-order valence-corrected chi connectivity index (χ2v) is 5.15. The number of hydrogen-bond acceptors (Lipinski definition) is 3. The van der Waals surface area contributed by atoms with Gasteiger partial charge in [0.15, 0.2) is 0 Å². The smallest absolute Gasteiger partial charge is 0.102 e. The van der Waals surface area contributed by atoms with Gasteiger partial charge in [-0.1, -0.05) is 41.9 Å². The van der Waals surface area contributed by atoms with Gasteiger partial charge in [-0.25, -0.2) is 0 Å². The Morgan fingerprint density at radius 3 is 2.67 bits per heavy atom. The van der Waals surface area contributed by atoms with Gasteiger partial charge in [0, 0.05) is 0 Å². The summed E-state index contributed by atoms with van der Waals surface area (Å²) in [6.07, 6.45) is 1.76. The molecule has 2 aromatic carbocycles. The molecule has 0 spiro atoms. The Bertz CT molecular complexity index is 717. The van der Waals surface area contributed by atoms with Gasteiger partial charge in [0.1, 0.15) is 5.69 Å². The van der Waals surface area contributed by atoms with Crippen LogP contribution in [0.1, 0.15) is 11.3 Å². The maximum Gasteiger partial charge on any atom is 0.102 e. The molecule has 0 saturated heterocycles. The van der Waals surface area contributed by atoms with Crippen LogP contribution in [0.5, 0.6) is 0 Å². The minimum Gasteiger partial charge on any atom is -0.378 e. The fourth-order valence-electron chi connectivity index (χ4n) is 2.10. The van der Waals surface area contributed by atoms with Gasteiger partial charge in [0.05, 0.1) is 29.1 Å². The van der Waals surface area contributed by atoms with Crippen LogP contribution < -0.4 is 5.32 Å². The first-order chi connectivity index (χ1) is 10.2. The van der Waals surface area contributed by atoms with E-state index < -0.39 is 0 Å². The number of nitrogens with one attached hydrogen (secondary N) is 1. The van der Waals surface area contributed by atoms with Crippen LogP contribution in [0.4, 0.5) is 5.69 Å². The van der Waals surface area contributed by atoms with Crippen molar-refractivity contribution in [3.05, 3.63) is 71.0 Å². The molecular weight excluding hydrogens is 284 g/mol. The van der Waals surface area contributed by atoms with Crippen molar-refractivity contribution in [2.45, 2.75) is 13.5 Å². The van der Waals surface area contributed by atoms with E-state index in [1.165, 1.54) is 0 Å². The van der Waals surface area contributed by atoms with Crippen LogP contribution in [-0.2, 0) is 6.54 Å². The fraction of sp³-hybridized carbons (Fsp3) is 0.125. The minimum absolute atomic E-state index is 0.581. The summed E-state index contributed by atoms with van der Waals surface area (Å²) in [6.45, 7) is 2.60. The first-order valence-corrected chi connectivity index (χ1v) is 7.07. The number of para-hydroxylation sites is 2. The standard InChI is InChI=1S/C16H15ClN4/c1-12-6-5-9-15(17)16(12)18-10-13-11-19-21(20-13)14-7-3-2-4-8-14/h2-9,11,18H,10H2,1H3. The highest BCUT2D eigenvalue weighted by Crippen LogP contribution is 2.25. The summed E-state index contributed by atoms with van der Waals surface area (Å²) in [4.78, 5) is 1.62. The molecule has 1 N–H and O–H groups in total. The topological polar surface area (TPSA) is 42.7 Å². The first kappa shape index (κ1) is 13.6. The van der Waals surface area contributed by atoms with E-state index >= 15 is 0 Å². The SMILES string of the molecule is Cc1cccc(Cl)c1NCc1cnn(-c2ccccc2)n1. The van der Waals surface area contributed by atoms with Crippen LogP contribution in [0.25, 0.3) is 5.69 Å². The Morgan fingerprint density at radius 2 is 1.90 bits per heavy atom. The van der Waals surface area contributed by atoms with Crippen LogP contribution in [0.2, 0.25) is 5.02 Å². The van der Waals surface area contributed by atoms with E-state index in [1.807, 2.05) is 55.5 Å². The van der Waals surface area contributed by atoms with Crippen molar-refractivity contribution >= 4 is 17.3 Å². The van der Waals surface area contributed by atoms with Gasteiger partial charge < -0.3 is 5.32 Å². The van der Waals surface area contributed by atoms with Crippen molar-refractivity contribution in [3.8, 4) is 5.69 Å². The maximum absolute atomic E-state index is 6.19. The van der Waals surface area contributed by atoms with Crippen molar-refractivity contribution in [3.63, 3.8) is 0 Å². The highest BCUT2D eigenvalue weighted by atomic mass is 35.5. The Kier molecular flexibility index (Phi) is 3.88. The molecule has 0 unspecified atom stereocenters. The summed E-state index contributed by atoms with van der Waals surface area (Å²) in [5, 5.41) is 12.8. The molecule has 5 heteroatoms. The lowest BCUT2D eigenvalue weighted by Crippen LogP contribution is -2.04. The molecule has 4 nitrogen and oxygen atoms in total. The minimum atomic E-state index is 0.581. The van der Waals surface area contributed by atoms with Crippen LogP contribution in [0.15, 0.2) is 54.7 Å². The number of anilines is 1. The second-order valence-electron chi connectivity index (χ2n) is 4.75. The highest BCUT2D eigenvalue weighted by Gasteiger charge is 2.06. The molecule has 3 rings (SSSR count). The summed E-state index contributed by atoms with van der Waals surface area (Å²) in [5.74, 6) is 0. The number of halogens is 1. The number of rotatable bonds is 4. The quantitative estimate of drug-likeness (QED) is 0.796. The van der Waals surface area contributed by atoms with E-state index in [2.05, 4.69) is 15.5 Å². The van der Waals surface area contributed by atoms with Crippen LogP contribution in [-0.4, -0.2) is 15.0 Å². The summed E-state index contributed by atoms with van der Waals surface area (Å²) >= 11 is 6.19. The molecule has 0 atom stereocenters. The zero-order valence-corrected chi connectivity index (χ0v) is 12.4. The molecule has 0 radical (unpaired) electrons. The van der Waals surface area contributed by atoms with E-state index in [-0.39, 0.29) is 0 Å². The second kappa shape index (κ2) is 5.97. The number of hydrogen-bond donors (Lipinski definition) is 1. The zero-order chi connectivity index (χ0) is 14.7. The third kappa shape index (κ3) is 3.06. The highest BCUT2D eigenvalue weighted by molar-refractivity contribution is 6.33. The Balaban J connectivity index is 1.74. The molecule has 0 amide bonds. The number of aromatic nitrogens is 3. The predicted molar refractivity (Wildman–Crippen MR) is 84.9 cm³/mol. The molecule has 21 heavy (non-hydrogen) atoms. The summed E-state index contributed by atoms with van der Waals surface area (Å²) in [7, 11) is 0. The van der Waals surface area contributed by atoms with Gasteiger partial charge in [-0.05, 0) is 30.7 Å². The van der Waals surface area contributed by atoms with E-state index in [0.29, 0.717) is 11.6 Å². The van der Waals surface area contributed by atoms with Crippen molar-refractivity contribution in [2.75, 3.05) is 5.32 Å². The molecule has 0 saturated carbocycles. The van der Waals surface area contributed by atoms with Crippen LogP contribution in [0.3, 0.4) is 0 Å². The van der Waals surface area contributed by atoms with Crippen molar-refractivity contribution < 1.29 is 0 Å². The largest absolute Gasteiger partial charge is 0.378 e. The molecule has 0 aliphatic rings. The Hall–Kier alpha value is -2.33. The first-order valence-electron chi connectivity index (χ1n) is 6.69. The van der Waals surface area contributed by atoms with E-state index in [9.17, 15) is 0 Å². The predicted octanol–water partition coefficient (Wildman–Crippen LogP) is 3.84. The molecule has 0 fully saturated rings. The molecule has 3 aromatic rings. The Morgan fingerprint density at radius 1 is 1.10 bits per heavy atom. The van der Waals surface area contributed by atoms with Crippen molar-refractivity contribution in [1.29, 1.82) is 0 Å². The van der Waals surface area contributed by atoms with Crippen molar-refractivity contribution in [2.24, 2.45) is 0 Å². The number of aryl methyl sites for hydroxylation is 1. The summed E-state index contributed by atoms with van der Waals surface area (Å²) < 4.78 is 0. The van der Waals surface area contributed by atoms with E-state index in [1.54, 1.807) is 11.0 Å². The third-order valence-corrected chi connectivity index (χ3v) is 3.51. The molecule has 0 aliphatic heterocycles. The number of nitrogens with zero attached hydrogens (tertiary/aromatic N) is 3. The Labute approximate surface area is 128 Å². The fourth-order valence-corrected chi connectivity index (χ4v) is 2.38. The van der Waals surface area contributed by atoms with Gasteiger partial charge in [-0.15, -0.1) is 0 Å². The molecule has 1 heterocycles. The van der Waals surface area contributed by atoms with Gasteiger partial charge in [-0.3, -0.25) is 0 Å². The lowest BCUT2D eigenvalue weighted by Gasteiger charge is -2.09.